The van der Waals surface area contributed by atoms with Gasteiger partial charge in [0.05, 0.1) is 30.2 Å². The second-order valence-corrected chi connectivity index (χ2v) is 3.95. The van der Waals surface area contributed by atoms with Crippen LogP contribution in [0.4, 0.5) is 5.69 Å². The van der Waals surface area contributed by atoms with Crippen molar-refractivity contribution in [2.24, 2.45) is 0 Å². The van der Waals surface area contributed by atoms with E-state index < -0.39 is 11.9 Å². The molecule has 1 rings (SSSR count). The summed E-state index contributed by atoms with van der Waals surface area (Å²) >= 11 is 5.82. The minimum absolute atomic E-state index is 0.0119. The van der Waals surface area contributed by atoms with Gasteiger partial charge in [-0.05, 0) is 20.8 Å². The summed E-state index contributed by atoms with van der Waals surface area (Å²) in [5, 5.41) is -0.0476. The lowest BCUT2D eigenvalue weighted by molar-refractivity contribution is 0.0478. The number of aryl methyl sites for hydroxylation is 1. The van der Waals surface area contributed by atoms with Crippen molar-refractivity contribution in [3.8, 4) is 0 Å². The van der Waals surface area contributed by atoms with Gasteiger partial charge in [0.15, 0.2) is 5.15 Å². The molecule has 0 atom stereocenters. The number of carbonyl (C=O) groups is 2. The lowest BCUT2D eigenvalue weighted by Gasteiger charge is -2.13. The Kier molecular flexibility index (Phi) is 5.11. The fourth-order valence-corrected chi connectivity index (χ4v) is 1.77. The summed E-state index contributed by atoms with van der Waals surface area (Å²) in [6.45, 7) is 5.17. The quantitative estimate of drug-likeness (QED) is 0.672. The van der Waals surface area contributed by atoms with E-state index in [4.69, 9.17) is 26.8 Å². The second kappa shape index (κ2) is 6.38. The van der Waals surface area contributed by atoms with Crippen LogP contribution in [0.5, 0.6) is 0 Å². The van der Waals surface area contributed by atoms with Gasteiger partial charge in [-0.25, -0.2) is 14.6 Å². The molecule has 0 saturated carbocycles. The SMILES string of the molecule is CCOC(=O)c1c(C)nc(Cl)c(N)c1C(=O)OCC. The Hall–Kier alpha value is -1.82. The van der Waals surface area contributed by atoms with E-state index in [0.717, 1.165) is 0 Å². The van der Waals surface area contributed by atoms with E-state index in [2.05, 4.69) is 4.98 Å². The predicted octanol–water partition coefficient (Wildman–Crippen LogP) is 1.98. The molecule has 0 amide bonds. The van der Waals surface area contributed by atoms with Gasteiger partial charge in [-0.15, -0.1) is 0 Å². The second-order valence-electron chi connectivity index (χ2n) is 3.59. The number of halogens is 1. The van der Waals surface area contributed by atoms with Crippen LogP contribution in [0.3, 0.4) is 0 Å². The number of ether oxygens (including phenoxy) is 2. The average Bonchev–Trinajstić information content (AvgIpc) is 2.33. The zero-order valence-corrected chi connectivity index (χ0v) is 11.7. The highest BCUT2D eigenvalue weighted by molar-refractivity contribution is 6.33. The number of pyridine rings is 1. The molecule has 104 valence electrons. The lowest BCUT2D eigenvalue weighted by atomic mass is 10.1. The number of nitrogens with zero attached hydrogens (tertiary/aromatic N) is 1. The third-order valence-corrected chi connectivity index (χ3v) is 2.62. The number of esters is 2. The van der Waals surface area contributed by atoms with Crippen LogP contribution >= 0.6 is 11.6 Å². The highest BCUT2D eigenvalue weighted by Gasteiger charge is 2.27. The predicted molar refractivity (Wildman–Crippen MR) is 70.3 cm³/mol. The number of hydrogen-bond acceptors (Lipinski definition) is 6. The Morgan fingerprint density at radius 3 is 2.11 bits per heavy atom. The monoisotopic (exact) mass is 286 g/mol. The third-order valence-electron chi connectivity index (χ3n) is 2.33. The standard InChI is InChI=1S/C12H15ClN2O4/c1-4-18-11(16)7-6(3)15-10(13)9(14)8(7)12(17)19-5-2/h4-5,14H2,1-3H3. The van der Waals surface area contributed by atoms with Crippen LogP contribution < -0.4 is 5.73 Å². The summed E-state index contributed by atoms with van der Waals surface area (Å²) in [5.74, 6) is -1.41. The molecule has 7 heteroatoms. The lowest BCUT2D eigenvalue weighted by Crippen LogP contribution is -2.19. The van der Waals surface area contributed by atoms with Crippen LogP contribution in [0.25, 0.3) is 0 Å². The molecule has 0 saturated heterocycles. The highest BCUT2D eigenvalue weighted by atomic mass is 35.5. The van der Waals surface area contributed by atoms with Gasteiger partial charge in [-0.3, -0.25) is 0 Å². The van der Waals surface area contributed by atoms with Crippen LogP contribution in [0.15, 0.2) is 0 Å². The Morgan fingerprint density at radius 2 is 1.63 bits per heavy atom. The van der Waals surface area contributed by atoms with Gasteiger partial charge >= 0.3 is 11.9 Å². The molecule has 1 aromatic rings. The first-order chi connectivity index (χ1) is 8.93. The molecule has 1 aromatic heterocycles. The van der Waals surface area contributed by atoms with Gasteiger partial charge < -0.3 is 15.2 Å². The zero-order valence-electron chi connectivity index (χ0n) is 10.9. The molecule has 0 aliphatic heterocycles. The van der Waals surface area contributed by atoms with Crippen LogP contribution in [0, 0.1) is 6.92 Å². The molecule has 0 aliphatic rings. The van der Waals surface area contributed by atoms with Gasteiger partial charge in [0.1, 0.15) is 5.56 Å². The molecule has 0 aromatic carbocycles. The molecular formula is C12H15ClN2O4. The number of nitrogen functional groups attached to an aromatic ring is 1. The van der Waals surface area contributed by atoms with Crippen molar-refractivity contribution in [3.63, 3.8) is 0 Å². The van der Waals surface area contributed by atoms with E-state index in [1.54, 1.807) is 20.8 Å². The number of carbonyl (C=O) groups excluding carboxylic acids is 2. The molecule has 0 fully saturated rings. The fourth-order valence-electron chi connectivity index (χ4n) is 1.55. The van der Waals surface area contributed by atoms with Gasteiger partial charge in [-0.2, -0.15) is 0 Å². The number of aromatic nitrogens is 1. The van der Waals surface area contributed by atoms with Crippen LogP contribution in [0.1, 0.15) is 40.3 Å². The van der Waals surface area contributed by atoms with E-state index in [1.165, 1.54) is 0 Å². The first-order valence-corrected chi connectivity index (χ1v) is 6.11. The van der Waals surface area contributed by atoms with Crippen molar-refractivity contribution in [1.82, 2.24) is 4.98 Å². The van der Waals surface area contributed by atoms with Crippen LogP contribution in [-0.4, -0.2) is 30.1 Å². The summed E-state index contributed by atoms with van der Waals surface area (Å²) in [4.78, 5) is 27.7. The van der Waals surface area contributed by atoms with E-state index in [9.17, 15) is 9.59 Å². The van der Waals surface area contributed by atoms with Crippen molar-refractivity contribution in [2.45, 2.75) is 20.8 Å². The van der Waals surface area contributed by atoms with Crippen molar-refractivity contribution in [1.29, 1.82) is 0 Å². The average molecular weight is 287 g/mol. The van der Waals surface area contributed by atoms with E-state index in [1.807, 2.05) is 0 Å². The molecule has 0 spiro atoms. The molecular weight excluding hydrogens is 272 g/mol. The van der Waals surface area contributed by atoms with Crippen molar-refractivity contribution in [2.75, 3.05) is 18.9 Å². The van der Waals surface area contributed by atoms with Gasteiger partial charge in [0, 0.05) is 0 Å². The largest absolute Gasteiger partial charge is 0.462 e. The first kappa shape index (κ1) is 15.2. The minimum Gasteiger partial charge on any atom is -0.462 e. The fraction of sp³-hybridized carbons (Fsp3) is 0.417. The first-order valence-electron chi connectivity index (χ1n) is 5.73. The van der Waals surface area contributed by atoms with Crippen molar-refractivity contribution in [3.05, 3.63) is 22.0 Å². The van der Waals surface area contributed by atoms with Crippen molar-refractivity contribution >= 4 is 29.2 Å². The van der Waals surface area contributed by atoms with E-state index in [-0.39, 0.29) is 40.9 Å². The molecule has 0 unspecified atom stereocenters. The number of rotatable bonds is 4. The van der Waals surface area contributed by atoms with Gasteiger partial charge in [0.25, 0.3) is 0 Å². The van der Waals surface area contributed by atoms with Gasteiger partial charge in [-0.1, -0.05) is 11.6 Å². The minimum atomic E-state index is -0.726. The maximum Gasteiger partial charge on any atom is 0.341 e. The van der Waals surface area contributed by atoms with Crippen molar-refractivity contribution < 1.29 is 19.1 Å². The summed E-state index contributed by atoms with van der Waals surface area (Å²) in [5.41, 5.74) is 5.78. The van der Waals surface area contributed by atoms with Crippen LogP contribution in [0.2, 0.25) is 5.15 Å². The molecule has 6 nitrogen and oxygen atoms in total. The third kappa shape index (κ3) is 3.14. The Bertz CT molecular complexity index is 517. The summed E-state index contributed by atoms with van der Waals surface area (Å²) in [6, 6.07) is 0. The Morgan fingerprint density at radius 1 is 1.16 bits per heavy atom. The summed E-state index contributed by atoms with van der Waals surface area (Å²) < 4.78 is 9.76. The maximum absolute atomic E-state index is 11.9. The van der Waals surface area contributed by atoms with E-state index in [0.29, 0.717) is 0 Å². The van der Waals surface area contributed by atoms with Gasteiger partial charge in [0.2, 0.25) is 0 Å². The molecule has 19 heavy (non-hydrogen) atoms. The Labute approximate surface area is 115 Å². The number of anilines is 1. The molecule has 1 heterocycles. The number of nitrogens with two attached hydrogens (primary N) is 1. The molecule has 2 N–H and O–H groups in total. The smallest absolute Gasteiger partial charge is 0.341 e. The molecule has 0 bridgehead atoms. The van der Waals surface area contributed by atoms with Crippen LogP contribution in [-0.2, 0) is 9.47 Å². The number of hydrogen-bond donors (Lipinski definition) is 1. The maximum atomic E-state index is 11.9. The summed E-state index contributed by atoms with van der Waals surface area (Å²) in [7, 11) is 0. The topological polar surface area (TPSA) is 91.5 Å². The van der Waals surface area contributed by atoms with E-state index >= 15 is 0 Å². The molecule has 0 radical (unpaired) electrons. The molecule has 0 aliphatic carbocycles. The normalized spacial score (nSPS) is 10.1. The Balaban J connectivity index is 3.46. The highest BCUT2D eigenvalue weighted by Crippen LogP contribution is 2.27. The summed E-state index contributed by atoms with van der Waals surface area (Å²) in [6.07, 6.45) is 0. The zero-order chi connectivity index (χ0) is 14.6.